The predicted molar refractivity (Wildman–Crippen MR) is 110 cm³/mol. The third kappa shape index (κ3) is 3.85. The van der Waals surface area contributed by atoms with Gasteiger partial charge in [0.25, 0.3) is 0 Å². The number of piperazine rings is 1. The van der Waals surface area contributed by atoms with Crippen LogP contribution in [0.15, 0.2) is 36.5 Å². The molecule has 29 heavy (non-hydrogen) atoms. The van der Waals surface area contributed by atoms with Crippen LogP contribution >= 0.6 is 11.6 Å². The number of halogens is 1. The van der Waals surface area contributed by atoms with Crippen LogP contribution in [-0.4, -0.2) is 65.5 Å². The molecule has 0 spiro atoms. The van der Waals surface area contributed by atoms with E-state index >= 15 is 0 Å². The Labute approximate surface area is 175 Å². The molecule has 1 fully saturated rings. The Morgan fingerprint density at radius 2 is 2.21 bits per heavy atom. The van der Waals surface area contributed by atoms with Crippen LogP contribution in [0.5, 0.6) is 5.75 Å². The number of hydrogen-bond donors (Lipinski definition) is 1. The van der Waals surface area contributed by atoms with Gasteiger partial charge in [0, 0.05) is 42.0 Å². The lowest BCUT2D eigenvalue weighted by molar-refractivity contribution is -0.147. The summed E-state index contributed by atoms with van der Waals surface area (Å²) >= 11 is 6.21. The van der Waals surface area contributed by atoms with Crippen molar-refractivity contribution in [1.82, 2.24) is 14.7 Å². The standard InChI is InChI=1S/C20H23BClN3O4/c1-21(27)25-9-8-24(11-16(25)20(26)28-2)19-15-6-5-14(22)10-17(15)29-12-13-4-3-7-23-18(13)19/h3-7,10,16,19,27H,8-9,11-12H2,1-2H3/t16-,19?/m1/s1. The maximum atomic E-state index is 12.5. The summed E-state index contributed by atoms with van der Waals surface area (Å²) in [4.78, 5) is 21.1. The van der Waals surface area contributed by atoms with Crippen molar-refractivity contribution in [2.75, 3.05) is 26.7 Å². The van der Waals surface area contributed by atoms with E-state index < -0.39 is 13.1 Å². The maximum absolute atomic E-state index is 12.5. The van der Waals surface area contributed by atoms with Crippen LogP contribution in [0.25, 0.3) is 0 Å². The molecule has 2 aliphatic heterocycles. The first-order valence-corrected chi connectivity index (χ1v) is 9.99. The zero-order valence-electron chi connectivity index (χ0n) is 16.4. The summed E-state index contributed by atoms with van der Waals surface area (Å²) in [5.74, 6) is 0.353. The molecule has 9 heteroatoms. The fourth-order valence-electron chi connectivity index (χ4n) is 4.20. The molecule has 0 aliphatic carbocycles. The molecule has 2 aromatic rings. The highest BCUT2D eigenvalue weighted by atomic mass is 35.5. The van der Waals surface area contributed by atoms with Gasteiger partial charge >= 0.3 is 13.0 Å². The van der Waals surface area contributed by atoms with Gasteiger partial charge in [-0.1, -0.05) is 23.7 Å². The molecule has 1 aromatic heterocycles. The summed E-state index contributed by atoms with van der Waals surface area (Å²) < 4.78 is 11.0. The fourth-order valence-corrected chi connectivity index (χ4v) is 4.36. The van der Waals surface area contributed by atoms with Gasteiger partial charge in [-0.2, -0.15) is 0 Å². The lowest BCUT2D eigenvalue weighted by atomic mass is 9.81. The Hall–Kier alpha value is -2.13. The molecular formula is C20H23BClN3O4. The number of esters is 1. The number of pyridine rings is 1. The minimum absolute atomic E-state index is 0.190. The molecule has 0 saturated carbocycles. The summed E-state index contributed by atoms with van der Waals surface area (Å²) in [6.07, 6.45) is 1.77. The molecule has 0 amide bonds. The molecule has 1 N–H and O–H groups in total. The lowest BCUT2D eigenvalue weighted by Gasteiger charge is -2.43. The van der Waals surface area contributed by atoms with E-state index in [4.69, 9.17) is 21.1 Å². The number of nitrogens with zero attached hydrogens (tertiary/aromatic N) is 3. The Kier molecular flexibility index (Phi) is 5.78. The summed E-state index contributed by atoms with van der Waals surface area (Å²) in [6.45, 7) is 3.65. The smallest absolute Gasteiger partial charge is 0.377 e. The highest BCUT2D eigenvalue weighted by molar-refractivity contribution is 6.45. The molecule has 1 aromatic carbocycles. The molecule has 152 valence electrons. The van der Waals surface area contributed by atoms with Gasteiger partial charge in [-0.3, -0.25) is 14.7 Å². The van der Waals surface area contributed by atoms with Gasteiger partial charge in [-0.05, 0) is 25.0 Å². The third-order valence-corrected chi connectivity index (χ3v) is 5.85. The Balaban J connectivity index is 1.76. The number of fused-ring (bicyclic) bond motifs is 2. The monoisotopic (exact) mass is 415 g/mol. The van der Waals surface area contributed by atoms with Crippen LogP contribution < -0.4 is 4.74 Å². The van der Waals surface area contributed by atoms with Crippen molar-refractivity contribution in [2.24, 2.45) is 0 Å². The molecule has 4 rings (SSSR count). The van der Waals surface area contributed by atoms with Crippen molar-refractivity contribution in [2.45, 2.75) is 25.5 Å². The average molecular weight is 416 g/mol. The zero-order valence-corrected chi connectivity index (χ0v) is 17.2. The van der Waals surface area contributed by atoms with Gasteiger partial charge in [0.15, 0.2) is 0 Å². The Morgan fingerprint density at radius 3 is 2.97 bits per heavy atom. The number of methoxy groups -OCH3 is 1. The third-order valence-electron chi connectivity index (χ3n) is 5.61. The van der Waals surface area contributed by atoms with Crippen LogP contribution in [0.1, 0.15) is 22.9 Å². The molecule has 0 bridgehead atoms. The second-order valence-corrected chi connectivity index (χ2v) is 7.76. The quantitative estimate of drug-likeness (QED) is 0.607. The predicted octanol–water partition coefficient (Wildman–Crippen LogP) is 1.99. The van der Waals surface area contributed by atoms with Crippen molar-refractivity contribution in [3.63, 3.8) is 0 Å². The second-order valence-electron chi connectivity index (χ2n) is 7.32. The summed E-state index contributed by atoms with van der Waals surface area (Å²) in [5, 5.41) is 10.7. The maximum Gasteiger partial charge on any atom is 0.377 e. The van der Waals surface area contributed by atoms with E-state index in [1.54, 1.807) is 17.8 Å². The molecule has 1 unspecified atom stereocenters. The van der Waals surface area contributed by atoms with E-state index in [0.717, 1.165) is 16.8 Å². The number of ether oxygens (including phenoxy) is 2. The molecule has 3 heterocycles. The number of aromatic nitrogens is 1. The van der Waals surface area contributed by atoms with Crippen LogP contribution in [0, 0.1) is 0 Å². The van der Waals surface area contributed by atoms with Crippen LogP contribution in [-0.2, 0) is 16.1 Å². The number of carbonyl (C=O) groups excluding carboxylic acids is 1. The van der Waals surface area contributed by atoms with E-state index in [0.29, 0.717) is 37.0 Å². The normalized spacial score (nSPS) is 22.1. The highest BCUT2D eigenvalue weighted by Gasteiger charge is 2.41. The first-order valence-electron chi connectivity index (χ1n) is 9.61. The summed E-state index contributed by atoms with van der Waals surface area (Å²) in [5.41, 5.74) is 2.86. The van der Waals surface area contributed by atoms with Crippen LogP contribution in [0.4, 0.5) is 0 Å². The van der Waals surface area contributed by atoms with Crippen LogP contribution in [0.3, 0.4) is 0 Å². The molecule has 7 nitrogen and oxygen atoms in total. The first-order chi connectivity index (χ1) is 14.0. The minimum atomic E-state index is -0.741. The number of hydrogen-bond acceptors (Lipinski definition) is 7. The second kappa shape index (κ2) is 8.32. The first kappa shape index (κ1) is 20.2. The number of benzene rings is 1. The van der Waals surface area contributed by atoms with E-state index in [-0.39, 0.29) is 12.0 Å². The van der Waals surface area contributed by atoms with Crippen molar-refractivity contribution < 1.29 is 19.3 Å². The summed E-state index contributed by atoms with van der Waals surface area (Å²) in [6, 6.07) is 8.76. The van der Waals surface area contributed by atoms with Crippen molar-refractivity contribution in [3.8, 4) is 5.75 Å². The number of rotatable bonds is 3. The van der Waals surface area contributed by atoms with Crippen LogP contribution in [0.2, 0.25) is 11.8 Å². The van der Waals surface area contributed by atoms with Crippen molar-refractivity contribution in [1.29, 1.82) is 0 Å². The topological polar surface area (TPSA) is 75.1 Å². The van der Waals surface area contributed by atoms with E-state index in [2.05, 4.69) is 9.88 Å². The SMILES string of the molecule is COC(=O)[C@H]1CN(C2c3ccc(Cl)cc3OCc3cccnc32)CCN1B(C)O. The molecular weight excluding hydrogens is 393 g/mol. The van der Waals surface area contributed by atoms with Gasteiger partial charge in [0.1, 0.15) is 18.4 Å². The van der Waals surface area contributed by atoms with Gasteiger partial charge in [-0.25, -0.2) is 0 Å². The minimum Gasteiger partial charge on any atom is -0.488 e. The molecule has 2 atom stereocenters. The Morgan fingerprint density at radius 1 is 1.38 bits per heavy atom. The molecule has 2 aliphatic rings. The number of carbonyl (C=O) groups is 1. The molecule has 0 radical (unpaired) electrons. The summed E-state index contributed by atoms with van der Waals surface area (Å²) in [7, 11) is 0.630. The average Bonchev–Trinajstić information content (AvgIpc) is 2.89. The van der Waals surface area contributed by atoms with Crippen molar-refractivity contribution in [3.05, 3.63) is 58.4 Å². The Bertz CT molecular complexity index is 913. The van der Waals surface area contributed by atoms with Gasteiger partial charge in [0.05, 0.1) is 18.8 Å². The van der Waals surface area contributed by atoms with Gasteiger partial charge in [0.2, 0.25) is 0 Å². The van der Waals surface area contributed by atoms with Gasteiger partial charge in [-0.15, -0.1) is 0 Å². The van der Waals surface area contributed by atoms with Gasteiger partial charge < -0.3 is 19.3 Å². The van der Waals surface area contributed by atoms with E-state index in [1.807, 2.05) is 30.3 Å². The van der Waals surface area contributed by atoms with E-state index in [1.165, 1.54) is 7.11 Å². The lowest BCUT2D eigenvalue weighted by Crippen LogP contribution is -2.61. The largest absolute Gasteiger partial charge is 0.488 e. The van der Waals surface area contributed by atoms with E-state index in [9.17, 15) is 9.82 Å². The zero-order chi connectivity index (χ0) is 20.5. The molecule has 1 saturated heterocycles. The highest BCUT2D eigenvalue weighted by Crippen LogP contribution is 2.40. The van der Waals surface area contributed by atoms with Crippen molar-refractivity contribution >= 4 is 24.6 Å². The fraction of sp³-hybridized carbons (Fsp3) is 0.400.